The smallest absolute Gasteiger partial charge is 0.198 e. The van der Waals surface area contributed by atoms with E-state index in [1.54, 1.807) is 0 Å². The predicted octanol–water partition coefficient (Wildman–Crippen LogP) is 5.78. The van der Waals surface area contributed by atoms with Gasteiger partial charge in [-0.15, -0.1) is 0 Å². The Morgan fingerprint density at radius 3 is 2.37 bits per heavy atom. The van der Waals surface area contributed by atoms with Crippen LogP contribution in [0.3, 0.4) is 0 Å². The zero-order valence-corrected chi connectivity index (χ0v) is 16.9. The first kappa shape index (κ1) is 18.4. The molecule has 0 amide bonds. The minimum atomic E-state index is 0.411. The zero-order chi connectivity index (χ0) is 20.3. The molecule has 0 saturated heterocycles. The second-order valence-corrected chi connectivity index (χ2v) is 7.89. The molecule has 3 N–H and O–H groups in total. The van der Waals surface area contributed by atoms with Gasteiger partial charge in [0, 0.05) is 11.1 Å². The average Bonchev–Trinajstić information content (AvgIpc) is 3.20. The Labute approximate surface area is 177 Å². The molecule has 0 aromatic heterocycles. The lowest BCUT2D eigenvalue weighted by Crippen LogP contribution is -2.22. The van der Waals surface area contributed by atoms with Crippen molar-refractivity contribution in [2.75, 3.05) is 5.32 Å². The Hall–Kier alpha value is -3.59. The van der Waals surface area contributed by atoms with Crippen LogP contribution in [0.25, 0.3) is 10.8 Å². The molecule has 3 heteroatoms. The zero-order valence-electron chi connectivity index (χ0n) is 16.9. The number of nitrogens with two attached hydrogens (primary N) is 1. The van der Waals surface area contributed by atoms with Gasteiger partial charge in [-0.1, -0.05) is 66.7 Å². The highest BCUT2D eigenvalue weighted by atomic mass is 15.1. The Morgan fingerprint density at radius 1 is 0.767 bits per heavy atom. The molecule has 0 atom stereocenters. The van der Waals surface area contributed by atoms with E-state index in [4.69, 9.17) is 10.7 Å². The number of aryl methyl sites for hydroxylation is 4. The van der Waals surface area contributed by atoms with Gasteiger partial charge in [-0.05, 0) is 71.5 Å². The van der Waals surface area contributed by atoms with Crippen molar-refractivity contribution in [1.82, 2.24) is 0 Å². The molecule has 0 fully saturated rings. The predicted molar refractivity (Wildman–Crippen MR) is 127 cm³/mol. The van der Waals surface area contributed by atoms with Gasteiger partial charge in [0.25, 0.3) is 0 Å². The van der Waals surface area contributed by atoms with Crippen molar-refractivity contribution in [2.24, 2.45) is 10.7 Å². The lowest BCUT2D eigenvalue weighted by Gasteiger charge is -2.10. The van der Waals surface area contributed by atoms with Crippen molar-refractivity contribution in [3.8, 4) is 0 Å². The van der Waals surface area contributed by atoms with E-state index >= 15 is 0 Å². The molecule has 5 rings (SSSR count). The molecular weight excluding hydrogens is 366 g/mol. The molecule has 0 aliphatic heterocycles. The summed E-state index contributed by atoms with van der Waals surface area (Å²) in [6.45, 7) is 0. The summed E-state index contributed by atoms with van der Waals surface area (Å²) in [5, 5.41) is 5.81. The first-order valence-electron chi connectivity index (χ1n) is 10.5. The number of nitrogens with one attached hydrogen (secondary N) is 1. The molecule has 4 aromatic rings. The van der Waals surface area contributed by atoms with Gasteiger partial charge in [-0.25, -0.2) is 4.99 Å². The van der Waals surface area contributed by atoms with Crippen LogP contribution in [0.15, 0.2) is 89.9 Å². The summed E-state index contributed by atoms with van der Waals surface area (Å²) in [4.78, 5) is 4.70. The van der Waals surface area contributed by atoms with Gasteiger partial charge in [0.1, 0.15) is 0 Å². The molecule has 4 aromatic carbocycles. The van der Waals surface area contributed by atoms with Crippen molar-refractivity contribution in [2.45, 2.75) is 25.7 Å². The fourth-order valence-electron chi connectivity index (χ4n) is 4.37. The number of rotatable bonds is 5. The van der Waals surface area contributed by atoms with E-state index in [9.17, 15) is 0 Å². The van der Waals surface area contributed by atoms with Crippen LogP contribution >= 0.6 is 0 Å². The molecule has 0 spiro atoms. The highest BCUT2D eigenvalue weighted by Gasteiger charge is 2.15. The van der Waals surface area contributed by atoms with Gasteiger partial charge < -0.3 is 11.1 Å². The second kappa shape index (κ2) is 8.03. The summed E-state index contributed by atoms with van der Waals surface area (Å²) >= 11 is 0. The van der Waals surface area contributed by atoms with Gasteiger partial charge in [0.15, 0.2) is 5.96 Å². The minimum absolute atomic E-state index is 0.411. The molecule has 0 unspecified atom stereocenters. The first-order valence-corrected chi connectivity index (χ1v) is 10.5. The topological polar surface area (TPSA) is 50.4 Å². The lowest BCUT2D eigenvalue weighted by atomic mass is 10.0. The minimum Gasteiger partial charge on any atom is -0.369 e. The van der Waals surface area contributed by atoms with E-state index in [2.05, 4.69) is 84.2 Å². The van der Waals surface area contributed by atoms with Gasteiger partial charge in [0.2, 0.25) is 0 Å². The molecule has 148 valence electrons. The fourth-order valence-corrected chi connectivity index (χ4v) is 4.37. The van der Waals surface area contributed by atoms with Crippen molar-refractivity contribution >= 4 is 28.1 Å². The second-order valence-electron chi connectivity index (χ2n) is 7.89. The standard InChI is InChI=1S/C27H25N3/c28-27(30-25-17-16-22-15-14-21-9-5-11-24(25)26(21)22)29-23-10-4-8-20(18-23)13-12-19-6-2-1-3-7-19/h1-11,16-18H,12-15H2,(H3,28,29,30). The molecule has 1 aliphatic rings. The number of anilines is 1. The van der Waals surface area contributed by atoms with E-state index in [1.807, 2.05) is 6.07 Å². The number of guanidine groups is 1. The largest absolute Gasteiger partial charge is 0.369 e. The summed E-state index contributed by atoms with van der Waals surface area (Å²) in [6, 6.07) is 29.7. The van der Waals surface area contributed by atoms with Gasteiger partial charge in [-0.2, -0.15) is 0 Å². The lowest BCUT2D eigenvalue weighted by molar-refractivity contribution is 0.961. The maximum Gasteiger partial charge on any atom is 0.198 e. The summed E-state index contributed by atoms with van der Waals surface area (Å²) in [6.07, 6.45) is 4.24. The fraction of sp³-hybridized carbons (Fsp3) is 0.148. The van der Waals surface area contributed by atoms with Gasteiger partial charge in [0.05, 0.1) is 5.69 Å². The third-order valence-corrected chi connectivity index (χ3v) is 5.84. The number of nitrogens with zero attached hydrogens (tertiary/aromatic N) is 1. The van der Waals surface area contributed by atoms with Crippen LogP contribution in [-0.4, -0.2) is 5.96 Å². The van der Waals surface area contributed by atoms with Crippen molar-refractivity contribution in [1.29, 1.82) is 0 Å². The molecule has 1 aliphatic carbocycles. The third-order valence-electron chi connectivity index (χ3n) is 5.84. The van der Waals surface area contributed by atoms with E-state index < -0.39 is 0 Å². The summed E-state index contributed by atoms with van der Waals surface area (Å²) in [7, 11) is 0. The van der Waals surface area contributed by atoms with Crippen molar-refractivity contribution < 1.29 is 0 Å². The number of benzene rings is 4. The summed E-state index contributed by atoms with van der Waals surface area (Å²) < 4.78 is 0. The maximum atomic E-state index is 6.27. The molecule has 0 bridgehead atoms. The molecule has 3 nitrogen and oxygen atoms in total. The Morgan fingerprint density at radius 2 is 1.50 bits per heavy atom. The molecule has 0 saturated carbocycles. The summed E-state index contributed by atoms with van der Waals surface area (Å²) in [5.41, 5.74) is 13.6. The normalized spacial score (nSPS) is 13.0. The number of hydrogen-bond acceptors (Lipinski definition) is 1. The van der Waals surface area contributed by atoms with Crippen LogP contribution in [0.1, 0.15) is 22.3 Å². The third kappa shape index (κ3) is 3.79. The van der Waals surface area contributed by atoms with Crippen LogP contribution in [0.2, 0.25) is 0 Å². The van der Waals surface area contributed by atoms with E-state index in [0.717, 1.165) is 37.1 Å². The maximum absolute atomic E-state index is 6.27. The molecule has 0 heterocycles. The molecule has 30 heavy (non-hydrogen) atoms. The Balaban J connectivity index is 1.34. The molecular formula is C27H25N3. The SMILES string of the molecule is NC(=Nc1ccc2c3c(cccc13)CC2)Nc1cccc(CCc2ccccc2)c1. The first-order chi connectivity index (χ1) is 14.8. The van der Waals surface area contributed by atoms with Gasteiger partial charge >= 0.3 is 0 Å². The number of aliphatic imine (C=N–C) groups is 1. The Bertz CT molecular complexity index is 1220. The quantitative estimate of drug-likeness (QED) is 0.335. The van der Waals surface area contributed by atoms with Crippen LogP contribution in [-0.2, 0) is 25.7 Å². The average molecular weight is 392 g/mol. The van der Waals surface area contributed by atoms with Crippen LogP contribution in [0.4, 0.5) is 11.4 Å². The van der Waals surface area contributed by atoms with E-state index in [-0.39, 0.29) is 0 Å². The van der Waals surface area contributed by atoms with Crippen LogP contribution in [0, 0.1) is 0 Å². The van der Waals surface area contributed by atoms with E-state index in [0.29, 0.717) is 5.96 Å². The van der Waals surface area contributed by atoms with Crippen molar-refractivity contribution in [3.05, 3.63) is 107 Å². The van der Waals surface area contributed by atoms with Crippen LogP contribution < -0.4 is 11.1 Å². The van der Waals surface area contributed by atoms with Gasteiger partial charge in [-0.3, -0.25) is 0 Å². The summed E-state index contributed by atoms with van der Waals surface area (Å²) in [5.74, 6) is 0.411. The Kier molecular flexibility index (Phi) is 4.94. The van der Waals surface area contributed by atoms with Crippen LogP contribution in [0.5, 0.6) is 0 Å². The molecule has 0 radical (unpaired) electrons. The monoisotopic (exact) mass is 391 g/mol. The van der Waals surface area contributed by atoms with E-state index in [1.165, 1.54) is 33.0 Å². The highest BCUT2D eigenvalue weighted by molar-refractivity contribution is 6.02. The highest BCUT2D eigenvalue weighted by Crippen LogP contribution is 2.36. The number of hydrogen-bond donors (Lipinski definition) is 2. The van der Waals surface area contributed by atoms with Crippen molar-refractivity contribution in [3.63, 3.8) is 0 Å².